The van der Waals surface area contributed by atoms with E-state index in [0.29, 0.717) is 11.1 Å². The van der Waals surface area contributed by atoms with Crippen LogP contribution in [0.1, 0.15) is 33.6 Å². The van der Waals surface area contributed by atoms with Gasteiger partial charge in [0.25, 0.3) is 0 Å². The number of esters is 3. The summed E-state index contributed by atoms with van der Waals surface area (Å²) in [7, 11) is 2.59. The van der Waals surface area contributed by atoms with Crippen LogP contribution in [0.5, 0.6) is 0 Å². The molecule has 0 atom stereocenters. The van der Waals surface area contributed by atoms with Gasteiger partial charge >= 0.3 is 17.9 Å². The molecule has 0 amide bonds. The average Bonchev–Trinajstić information content (AvgIpc) is 3.07. The predicted molar refractivity (Wildman–Crippen MR) is 92.4 cm³/mol. The van der Waals surface area contributed by atoms with Gasteiger partial charge < -0.3 is 19.2 Å². The maximum Gasteiger partial charge on any atom is 0.355 e. The van der Waals surface area contributed by atoms with Gasteiger partial charge in [0.2, 0.25) is 0 Å². The normalized spacial score (nSPS) is 10.2. The Hall–Kier alpha value is -3.09. The molecule has 0 saturated heterocycles. The summed E-state index contributed by atoms with van der Waals surface area (Å²) in [5, 5.41) is 0. The number of aromatic amines is 1. The van der Waals surface area contributed by atoms with Crippen LogP contribution in [0.3, 0.4) is 0 Å². The first kappa shape index (κ1) is 19.2. The Morgan fingerprint density at radius 3 is 2.35 bits per heavy atom. The van der Waals surface area contributed by atoms with Crippen molar-refractivity contribution in [2.45, 2.75) is 25.9 Å². The van der Waals surface area contributed by atoms with Crippen molar-refractivity contribution in [2.75, 3.05) is 14.2 Å². The molecule has 1 heterocycles. The standard InChI is InChI=1S/C19H21NO6/c1-24-16(21)9-8-15-14(10-17(22)25-2)11-20-18(15)19(23)26-12-13-6-4-3-5-7-13/h3-7,11,20H,8-10,12H2,1-2H3. The first-order valence-electron chi connectivity index (χ1n) is 8.09. The SMILES string of the molecule is COC(=O)CCc1c(CC(=O)OC)c[nH]c1C(=O)OCc1ccccc1. The van der Waals surface area contributed by atoms with E-state index in [9.17, 15) is 14.4 Å². The largest absolute Gasteiger partial charge is 0.469 e. The molecule has 0 unspecified atom stereocenters. The lowest BCUT2D eigenvalue weighted by atomic mass is 10.0. The Kier molecular flexibility index (Phi) is 6.96. The summed E-state index contributed by atoms with van der Waals surface area (Å²) in [6, 6.07) is 9.29. The predicted octanol–water partition coefficient (Wildman–Crippen LogP) is 2.19. The van der Waals surface area contributed by atoms with E-state index in [1.165, 1.54) is 14.2 Å². The maximum atomic E-state index is 12.4. The molecular weight excluding hydrogens is 338 g/mol. The third kappa shape index (κ3) is 5.20. The quantitative estimate of drug-likeness (QED) is 0.573. The van der Waals surface area contributed by atoms with Crippen molar-refractivity contribution in [1.82, 2.24) is 4.98 Å². The zero-order valence-corrected chi connectivity index (χ0v) is 14.7. The number of hydrogen-bond acceptors (Lipinski definition) is 6. The van der Waals surface area contributed by atoms with E-state index < -0.39 is 17.9 Å². The van der Waals surface area contributed by atoms with Crippen molar-refractivity contribution in [3.63, 3.8) is 0 Å². The molecule has 0 aliphatic rings. The summed E-state index contributed by atoms with van der Waals surface area (Å²) in [5.74, 6) is -1.39. The fourth-order valence-corrected chi connectivity index (χ4v) is 2.47. The fraction of sp³-hybridized carbons (Fsp3) is 0.316. The Morgan fingerprint density at radius 1 is 1.00 bits per heavy atom. The number of aromatic nitrogens is 1. The van der Waals surface area contributed by atoms with Gasteiger partial charge in [0, 0.05) is 12.6 Å². The molecule has 26 heavy (non-hydrogen) atoms. The molecule has 0 bridgehead atoms. The molecular formula is C19H21NO6. The van der Waals surface area contributed by atoms with E-state index >= 15 is 0 Å². The minimum absolute atomic E-state index is 0.00449. The molecule has 0 radical (unpaired) electrons. The number of H-pyrrole nitrogens is 1. The lowest BCUT2D eigenvalue weighted by molar-refractivity contribution is -0.140. The van der Waals surface area contributed by atoms with Gasteiger partial charge in [0.05, 0.1) is 20.6 Å². The van der Waals surface area contributed by atoms with Crippen molar-refractivity contribution in [2.24, 2.45) is 0 Å². The highest BCUT2D eigenvalue weighted by atomic mass is 16.5. The molecule has 0 aliphatic carbocycles. The zero-order valence-electron chi connectivity index (χ0n) is 14.7. The van der Waals surface area contributed by atoms with E-state index in [4.69, 9.17) is 4.74 Å². The van der Waals surface area contributed by atoms with E-state index in [0.717, 1.165) is 5.56 Å². The Balaban J connectivity index is 2.15. The molecule has 1 aromatic heterocycles. The van der Waals surface area contributed by atoms with E-state index in [2.05, 4.69) is 14.5 Å². The summed E-state index contributed by atoms with van der Waals surface area (Å²) >= 11 is 0. The van der Waals surface area contributed by atoms with Crippen molar-refractivity contribution < 1.29 is 28.6 Å². The third-order valence-electron chi connectivity index (χ3n) is 3.87. The highest BCUT2D eigenvalue weighted by molar-refractivity contribution is 5.90. The van der Waals surface area contributed by atoms with Crippen LogP contribution in [-0.4, -0.2) is 37.1 Å². The van der Waals surface area contributed by atoms with Crippen LogP contribution in [0.2, 0.25) is 0 Å². The molecule has 1 N–H and O–H groups in total. The molecule has 7 heteroatoms. The van der Waals surface area contributed by atoms with Gasteiger partial charge in [-0.3, -0.25) is 9.59 Å². The second kappa shape index (κ2) is 9.41. The van der Waals surface area contributed by atoms with Crippen molar-refractivity contribution in [3.8, 4) is 0 Å². The summed E-state index contributed by atoms with van der Waals surface area (Å²) in [6.07, 6.45) is 1.89. The number of carbonyl (C=O) groups is 3. The van der Waals surface area contributed by atoms with Crippen LogP contribution in [0.15, 0.2) is 36.5 Å². The molecule has 2 aromatic rings. The molecule has 0 fully saturated rings. The van der Waals surface area contributed by atoms with Crippen LogP contribution in [0.25, 0.3) is 0 Å². The molecule has 138 valence electrons. The fourth-order valence-electron chi connectivity index (χ4n) is 2.47. The van der Waals surface area contributed by atoms with Crippen molar-refractivity contribution in [1.29, 1.82) is 0 Å². The second-order valence-electron chi connectivity index (χ2n) is 5.56. The molecule has 0 spiro atoms. The third-order valence-corrected chi connectivity index (χ3v) is 3.87. The van der Waals surface area contributed by atoms with E-state index in [-0.39, 0.29) is 31.6 Å². The summed E-state index contributed by atoms with van der Waals surface area (Å²) in [6.45, 7) is 0.126. The van der Waals surface area contributed by atoms with Crippen LogP contribution in [0, 0.1) is 0 Å². The maximum absolute atomic E-state index is 12.4. The lowest BCUT2D eigenvalue weighted by Crippen LogP contribution is -2.12. The number of nitrogens with one attached hydrogen (secondary N) is 1. The topological polar surface area (TPSA) is 94.7 Å². The number of methoxy groups -OCH3 is 2. The monoisotopic (exact) mass is 359 g/mol. The Bertz CT molecular complexity index is 766. The lowest BCUT2D eigenvalue weighted by Gasteiger charge is -2.08. The van der Waals surface area contributed by atoms with E-state index in [1.54, 1.807) is 6.20 Å². The number of carbonyl (C=O) groups excluding carboxylic acids is 3. The molecule has 0 saturated carbocycles. The van der Waals surface area contributed by atoms with Crippen LogP contribution >= 0.6 is 0 Å². The van der Waals surface area contributed by atoms with Gasteiger partial charge in [-0.15, -0.1) is 0 Å². The molecule has 0 aliphatic heterocycles. The number of hydrogen-bond donors (Lipinski definition) is 1. The average molecular weight is 359 g/mol. The van der Waals surface area contributed by atoms with Gasteiger partial charge in [0.1, 0.15) is 12.3 Å². The zero-order chi connectivity index (χ0) is 18.9. The summed E-state index contributed by atoms with van der Waals surface area (Å²) in [5.41, 5.74) is 2.23. The molecule has 1 aromatic carbocycles. The first-order chi connectivity index (χ1) is 12.5. The van der Waals surface area contributed by atoms with Gasteiger partial charge in [0.15, 0.2) is 0 Å². The highest BCUT2D eigenvalue weighted by Crippen LogP contribution is 2.19. The van der Waals surface area contributed by atoms with E-state index in [1.807, 2.05) is 30.3 Å². The van der Waals surface area contributed by atoms with Gasteiger partial charge in [-0.05, 0) is 23.1 Å². The minimum atomic E-state index is -0.551. The van der Waals surface area contributed by atoms with Gasteiger partial charge in [-0.25, -0.2) is 4.79 Å². The first-order valence-corrected chi connectivity index (χ1v) is 8.09. The van der Waals surface area contributed by atoms with Gasteiger partial charge in [-0.1, -0.05) is 30.3 Å². The highest BCUT2D eigenvalue weighted by Gasteiger charge is 2.21. The Labute approximate surface area is 151 Å². The van der Waals surface area contributed by atoms with Gasteiger partial charge in [-0.2, -0.15) is 0 Å². The molecule has 7 nitrogen and oxygen atoms in total. The Morgan fingerprint density at radius 2 is 1.69 bits per heavy atom. The second-order valence-corrected chi connectivity index (χ2v) is 5.56. The van der Waals surface area contributed by atoms with Crippen LogP contribution < -0.4 is 0 Å². The number of rotatable bonds is 8. The number of ether oxygens (including phenoxy) is 3. The molecule has 2 rings (SSSR count). The number of benzene rings is 1. The van der Waals surface area contributed by atoms with Crippen LogP contribution in [-0.2, 0) is 43.2 Å². The van der Waals surface area contributed by atoms with Crippen molar-refractivity contribution in [3.05, 3.63) is 58.9 Å². The van der Waals surface area contributed by atoms with Crippen molar-refractivity contribution >= 4 is 17.9 Å². The summed E-state index contributed by atoms with van der Waals surface area (Å²) in [4.78, 5) is 38.3. The minimum Gasteiger partial charge on any atom is -0.469 e. The van der Waals surface area contributed by atoms with Crippen LogP contribution in [0.4, 0.5) is 0 Å². The smallest absolute Gasteiger partial charge is 0.355 e. The summed E-state index contributed by atoms with van der Waals surface area (Å²) < 4.78 is 14.6.